The number of hydrogen-bond donors (Lipinski definition) is 1. The Bertz CT molecular complexity index is 834. The number of benzene rings is 2. The van der Waals surface area contributed by atoms with E-state index in [4.69, 9.17) is 9.47 Å². The minimum atomic E-state index is -0.395. The Balaban J connectivity index is 1.60. The van der Waals surface area contributed by atoms with E-state index >= 15 is 0 Å². The molecule has 0 bridgehead atoms. The summed E-state index contributed by atoms with van der Waals surface area (Å²) in [5, 5.41) is 2.81. The second kappa shape index (κ2) is 7.47. The SMILES string of the molecule is COc1cccc(C(=O)NCC2CN(c3ccc(C)c(C)c3)C(=O)O2)c1. The number of carbonyl (C=O) groups excluding carboxylic acids is 2. The maximum atomic E-state index is 12.3. The van der Waals surface area contributed by atoms with Crippen LogP contribution in [0.4, 0.5) is 10.5 Å². The molecule has 0 aliphatic carbocycles. The molecule has 1 aliphatic heterocycles. The summed E-state index contributed by atoms with van der Waals surface area (Å²) >= 11 is 0. The van der Waals surface area contributed by atoms with Gasteiger partial charge in [0.1, 0.15) is 11.9 Å². The Hall–Kier alpha value is -3.02. The molecule has 1 N–H and O–H groups in total. The smallest absolute Gasteiger partial charge is 0.414 e. The van der Waals surface area contributed by atoms with Gasteiger partial charge in [0.05, 0.1) is 20.2 Å². The largest absolute Gasteiger partial charge is 0.497 e. The zero-order valence-electron chi connectivity index (χ0n) is 15.1. The summed E-state index contributed by atoms with van der Waals surface area (Å²) in [6, 6.07) is 12.8. The molecule has 1 unspecified atom stereocenters. The number of nitrogens with one attached hydrogen (secondary N) is 1. The molecule has 0 aromatic heterocycles. The lowest BCUT2D eigenvalue weighted by molar-refractivity contribution is 0.0916. The third-order valence-electron chi connectivity index (χ3n) is 4.50. The topological polar surface area (TPSA) is 67.9 Å². The Morgan fingerprint density at radius 1 is 1.23 bits per heavy atom. The lowest BCUT2D eigenvalue weighted by atomic mass is 10.1. The van der Waals surface area contributed by atoms with Gasteiger partial charge < -0.3 is 14.8 Å². The van der Waals surface area contributed by atoms with E-state index in [2.05, 4.69) is 5.32 Å². The van der Waals surface area contributed by atoms with E-state index in [9.17, 15) is 9.59 Å². The molecule has 1 heterocycles. The first-order chi connectivity index (χ1) is 12.5. The number of methoxy groups -OCH3 is 1. The Labute approximate surface area is 152 Å². The molecule has 3 rings (SSSR count). The van der Waals surface area contributed by atoms with Crippen molar-refractivity contribution in [3.8, 4) is 5.75 Å². The number of nitrogens with zero attached hydrogens (tertiary/aromatic N) is 1. The van der Waals surface area contributed by atoms with Gasteiger partial charge in [-0.25, -0.2) is 4.79 Å². The zero-order chi connectivity index (χ0) is 18.7. The van der Waals surface area contributed by atoms with Crippen LogP contribution in [-0.2, 0) is 4.74 Å². The summed E-state index contributed by atoms with van der Waals surface area (Å²) in [4.78, 5) is 26.0. The van der Waals surface area contributed by atoms with Crippen LogP contribution in [0.15, 0.2) is 42.5 Å². The first-order valence-corrected chi connectivity index (χ1v) is 8.45. The van der Waals surface area contributed by atoms with Crippen molar-refractivity contribution in [1.82, 2.24) is 5.32 Å². The van der Waals surface area contributed by atoms with Crippen LogP contribution >= 0.6 is 0 Å². The fraction of sp³-hybridized carbons (Fsp3) is 0.300. The number of ether oxygens (including phenoxy) is 2. The average Bonchev–Trinajstić information content (AvgIpc) is 3.02. The van der Waals surface area contributed by atoms with Gasteiger partial charge in [0, 0.05) is 11.3 Å². The van der Waals surface area contributed by atoms with Crippen LogP contribution < -0.4 is 15.0 Å². The van der Waals surface area contributed by atoms with Gasteiger partial charge in [-0.15, -0.1) is 0 Å². The van der Waals surface area contributed by atoms with E-state index in [0.29, 0.717) is 17.9 Å². The number of anilines is 1. The lowest BCUT2D eigenvalue weighted by Crippen LogP contribution is -2.34. The third-order valence-corrected chi connectivity index (χ3v) is 4.50. The second-order valence-corrected chi connectivity index (χ2v) is 6.33. The molecular weight excluding hydrogens is 332 g/mol. The minimum Gasteiger partial charge on any atom is -0.497 e. The first kappa shape index (κ1) is 17.8. The fourth-order valence-electron chi connectivity index (χ4n) is 2.81. The van der Waals surface area contributed by atoms with Crippen LogP contribution in [0.2, 0.25) is 0 Å². The summed E-state index contributed by atoms with van der Waals surface area (Å²) < 4.78 is 10.5. The van der Waals surface area contributed by atoms with Gasteiger partial charge in [0.15, 0.2) is 0 Å². The molecule has 0 radical (unpaired) electrons. The molecule has 26 heavy (non-hydrogen) atoms. The first-order valence-electron chi connectivity index (χ1n) is 8.45. The van der Waals surface area contributed by atoms with Crippen molar-refractivity contribution in [1.29, 1.82) is 0 Å². The third kappa shape index (κ3) is 3.79. The number of carbonyl (C=O) groups is 2. The number of cyclic esters (lactones) is 1. The van der Waals surface area contributed by atoms with Crippen molar-refractivity contribution in [2.45, 2.75) is 20.0 Å². The van der Waals surface area contributed by atoms with Crippen molar-refractivity contribution in [2.75, 3.05) is 25.1 Å². The highest BCUT2D eigenvalue weighted by Gasteiger charge is 2.32. The molecule has 1 saturated heterocycles. The van der Waals surface area contributed by atoms with Gasteiger partial charge in [-0.2, -0.15) is 0 Å². The molecule has 0 spiro atoms. The van der Waals surface area contributed by atoms with Crippen molar-refractivity contribution in [3.63, 3.8) is 0 Å². The zero-order valence-corrected chi connectivity index (χ0v) is 15.1. The highest BCUT2D eigenvalue weighted by atomic mass is 16.6. The van der Waals surface area contributed by atoms with E-state index in [1.807, 2.05) is 32.0 Å². The standard InChI is InChI=1S/C20H22N2O4/c1-13-7-8-16(9-14(13)2)22-12-18(26-20(22)24)11-21-19(23)15-5-4-6-17(10-15)25-3/h4-10,18H,11-12H2,1-3H3,(H,21,23). The Morgan fingerprint density at radius 2 is 2.04 bits per heavy atom. The maximum absolute atomic E-state index is 12.3. The van der Waals surface area contributed by atoms with Gasteiger partial charge >= 0.3 is 6.09 Å². The lowest BCUT2D eigenvalue weighted by Gasteiger charge is -2.14. The van der Waals surface area contributed by atoms with Crippen LogP contribution in [0.1, 0.15) is 21.5 Å². The Morgan fingerprint density at radius 3 is 2.77 bits per heavy atom. The molecule has 6 nitrogen and oxygen atoms in total. The average molecular weight is 354 g/mol. The minimum absolute atomic E-state index is 0.232. The van der Waals surface area contributed by atoms with Gasteiger partial charge in [0.2, 0.25) is 0 Å². The summed E-state index contributed by atoms with van der Waals surface area (Å²) in [5.74, 6) is 0.385. The molecule has 2 aromatic rings. The van der Waals surface area contributed by atoms with Gasteiger partial charge in [0.25, 0.3) is 5.91 Å². The van der Waals surface area contributed by atoms with E-state index in [1.165, 1.54) is 5.56 Å². The number of hydrogen-bond acceptors (Lipinski definition) is 4. The van der Waals surface area contributed by atoms with Crippen molar-refractivity contribution >= 4 is 17.7 Å². The van der Waals surface area contributed by atoms with E-state index in [1.54, 1.807) is 36.3 Å². The molecule has 1 aliphatic rings. The Kier molecular flexibility index (Phi) is 5.11. The van der Waals surface area contributed by atoms with Crippen molar-refractivity contribution in [2.24, 2.45) is 0 Å². The monoisotopic (exact) mass is 354 g/mol. The molecule has 6 heteroatoms. The van der Waals surface area contributed by atoms with Gasteiger partial charge in [-0.3, -0.25) is 9.69 Å². The number of aryl methyl sites for hydroxylation is 2. The quantitative estimate of drug-likeness (QED) is 0.896. The normalized spacial score (nSPS) is 16.3. The summed E-state index contributed by atoms with van der Waals surface area (Å²) in [5.41, 5.74) is 3.59. The van der Waals surface area contributed by atoms with Crippen LogP contribution in [0, 0.1) is 13.8 Å². The molecule has 136 valence electrons. The maximum Gasteiger partial charge on any atom is 0.414 e. The number of amides is 2. The van der Waals surface area contributed by atoms with E-state index < -0.39 is 12.2 Å². The van der Waals surface area contributed by atoms with Crippen LogP contribution in [0.5, 0.6) is 5.75 Å². The predicted molar refractivity (Wildman–Crippen MR) is 98.9 cm³/mol. The summed E-state index contributed by atoms with van der Waals surface area (Å²) in [6.07, 6.45) is -0.785. The molecular formula is C20H22N2O4. The highest BCUT2D eigenvalue weighted by molar-refractivity contribution is 5.94. The van der Waals surface area contributed by atoms with Crippen LogP contribution in [0.25, 0.3) is 0 Å². The molecule has 2 aromatic carbocycles. The van der Waals surface area contributed by atoms with Gasteiger partial charge in [-0.1, -0.05) is 12.1 Å². The fourth-order valence-corrected chi connectivity index (χ4v) is 2.81. The predicted octanol–water partition coefficient (Wildman–Crippen LogP) is 3.07. The summed E-state index contributed by atoms with van der Waals surface area (Å²) in [6.45, 7) is 4.69. The van der Waals surface area contributed by atoms with Crippen molar-refractivity contribution in [3.05, 3.63) is 59.2 Å². The number of rotatable bonds is 5. The van der Waals surface area contributed by atoms with Crippen LogP contribution in [-0.4, -0.2) is 38.3 Å². The van der Waals surface area contributed by atoms with Crippen LogP contribution in [0.3, 0.4) is 0 Å². The van der Waals surface area contributed by atoms with Crippen molar-refractivity contribution < 1.29 is 19.1 Å². The molecule has 1 atom stereocenters. The van der Waals surface area contributed by atoms with E-state index in [0.717, 1.165) is 11.3 Å². The summed E-state index contributed by atoms with van der Waals surface area (Å²) in [7, 11) is 1.55. The second-order valence-electron chi connectivity index (χ2n) is 6.33. The highest BCUT2D eigenvalue weighted by Crippen LogP contribution is 2.24. The van der Waals surface area contributed by atoms with Gasteiger partial charge in [-0.05, 0) is 55.3 Å². The molecule has 1 fully saturated rings. The van der Waals surface area contributed by atoms with E-state index in [-0.39, 0.29) is 12.5 Å². The molecule has 2 amide bonds. The molecule has 0 saturated carbocycles.